The van der Waals surface area contributed by atoms with E-state index < -0.39 is 4.92 Å². The number of nitro groups is 1. The number of non-ortho nitro benzene ring substituents is 1. The number of hydrogen-bond acceptors (Lipinski definition) is 4. The second kappa shape index (κ2) is 4.44. The summed E-state index contributed by atoms with van der Waals surface area (Å²) in [6.45, 7) is 0. The monoisotopic (exact) mass is 274 g/mol. The van der Waals surface area contributed by atoms with Gasteiger partial charge in [-0.2, -0.15) is 4.73 Å². The highest BCUT2D eigenvalue weighted by molar-refractivity contribution is 5.61. The minimum Gasteiger partial charge on any atom is -0.428 e. The number of fused-ring (bicyclic) bond motifs is 1. The molecule has 0 atom stereocenters. The van der Waals surface area contributed by atoms with Crippen molar-refractivity contribution in [3.63, 3.8) is 0 Å². The first-order valence-electron chi connectivity index (χ1n) is 6.22. The molecule has 3 rings (SSSR count). The fourth-order valence-electron chi connectivity index (χ4n) is 2.54. The molecule has 7 nitrogen and oxygen atoms in total. The highest BCUT2D eigenvalue weighted by Gasteiger charge is 2.28. The van der Waals surface area contributed by atoms with Crippen LogP contribution < -0.4 is 4.43 Å². The van der Waals surface area contributed by atoms with Crippen LogP contribution in [0.2, 0.25) is 0 Å². The third kappa shape index (κ3) is 1.83. The van der Waals surface area contributed by atoms with Gasteiger partial charge in [-0.1, -0.05) is 12.1 Å². The van der Waals surface area contributed by atoms with Gasteiger partial charge in [0.1, 0.15) is 5.69 Å². The number of aromatic nitrogens is 2. The molecule has 0 fully saturated rings. The molecule has 1 N–H and O–H groups in total. The maximum absolute atomic E-state index is 11.9. The molecule has 0 bridgehead atoms. The number of rotatable bonds is 2. The zero-order valence-corrected chi connectivity index (χ0v) is 10.5. The summed E-state index contributed by atoms with van der Waals surface area (Å²) in [7, 11) is 0. The molecule has 0 unspecified atom stereocenters. The van der Waals surface area contributed by atoms with Gasteiger partial charge in [-0.3, -0.25) is 10.1 Å². The molecule has 0 saturated heterocycles. The summed E-state index contributed by atoms with van der Waals surface area (Å²) in [4.78, 5) is 22.2. The zero-order chi connectivity index (χ0) is 14.3. The summed E-state index contributed by atoms with van der Waals surface area (Å²) >= 11 is 0. The minimum atomic E-state index is -0.510. The van der Waals surface area contributed by atoms with E-state index in [1.807, 2.05) is 0 Å². The second-order valence-electron chi connectivity index (χ2n) is 4.71. The van der Waals surface area contributed by atoms with E-state index in [1.54, 1.807) is 6.07 Å². The van der Waals surface area contributed by atoms with Gasteiger partial charge >= 0.3 is 0 Å². The van der Waals surface area contributed by atoms with Gasteiger partial charge in [0, 0.05) is 29.0 Å². The van der Waals surface area contributed by atoms with Gasteiger partial charge in [0.05, 0.1) is 9.35 Å². The molecule has 0 spiro atoms. The predicted octanol–water partition coefficient (Wildman–Crippen LogP) is 1.70. The van der Waals surface area contributed by atoms with Gasteiger partial charge in [0.2, 0.25) is 0 Å². The van der Waals surface area contributed by atoms with Crippen LogP contribution in [0.1, 0.15) is 17.8 Å². The molecule has 0 radical (unpaired) electrons. The van der Waals surface area contributed by atoms with Crippen LogP contribution in [0, 0.1) is 15.0 Å². The Labute approximate surface area is 113 Å². The van der Waals surface area contributed by atoms with Crippen molar-refractivity contribution >= 4 is 5.69 Å². The fourth-order valence-corrected chi connectivity index (χ4v) is 2.54. The first-order chi connectivity index (χ1) is 9.58. The number of nitro benzene ring substituents is 1. The Hall–Kier alpha value is -2.70. The van der Waals surface area contributed by atoms with Gasteiger partial charge in [-0.25, -0.2) is 0 Å². The van der Waals surface area contributed by atoms with E-state index in [0.29, 0.717) is 29.8 Å². The van der Waals surface area contributed by atoms with Crippen molar-refractivity contribution in [1.29, 1.82) is 0 Å². The van der Waals surface area contributed by atoms with Crippen molar-refractivity contribution in [1.82, 2.24) is 4.73 Å². The van der Waals surface area contributed by atoms with Crippen LogP contribution in [0.4, 0.5) is 5.69 Å². The molecule has 0 saturated carbocycles. The molecular weight excluding hydrogens is 262 g/mol. The summed E-state index contributed by atoms with van der Waals surface area (Å²) in [6, 6.07) is 5.85. The van der Waals surface area contributed by atoms with Gasteiger partial charge in [0.25, 0.3) is 17.6 Å². The van der Waals surface area contributed by atoms with E-state index >= 15 is 0 Å². The van der Waals surface area contributed by atoms with Crippen LogP contribution in [0.25, 0.3) is 11.3 Å². The summed E-state index contributed by atoms with van der Waals surface area (Å²) in [5, 5.41) is 21.0. The van der Waals surface area contributed by atoms with Crippen LogP contribution in [0.5, 0.6) is 0 Å². The van der Waals surface area contributed by atoms with Gasteiger partial charge in [0.15, 0.2) is 5.69 Å². The average Bonchev–Trinajstić information content (AvgIpc) is 2.93. The van der Waals surface area contributed by atoms with Crippen LogP contribution in [0.15, 0.2) is 30.5 Å². The maximum Gasteiger partial charge on any atom is 0.270 e. The van der Waals surface area contributed by atoms with Crippen molar-refractivity contribution < 1.29 is 14.6 Å². The van der Waals surface area contributed by atoms with Crippen molar-refractivity contribution in [2.45, 2.75) is 19.3 Å². The standard InChI is InChI=1S/C13H12N3O4/c17-14-8-13(15(18)12-6-2-5-11(12)14)9-3-1-4-10(7-9)16(19)20/h1,3-4,7-8,18H,2,5-6H2/q+1. The second-order valence-corrected chi connectivity index (χ2v) is 4.71. The maximum atomic E-state index is 11.9. The Bertz CT molecular complexity index is 767. The van der Waals surface area contributed by atoms with Crippen molar-refractivity contribution in [3.05, 3.63) is 56.9 Å². The molecule has 2 aromatic rings. The van der Waals surface area contributed by atoms with Crippen LogP contribution in [-0.2, 0) is 12.8 Å². The van der Waals surface area contributed by atoms with Crippen LogP contribution in [0.3, 0.4) is 0 Å². The largest absolute Gasteiger partial charge is 0.428 e. The SMILES string of the molecule is O=[N+]([O-])c1cccc(-c2c[n+](=O)c3c(n2O)CCC3)c1. The Kier molecular flexibility index (Phi) is 2.74. The Balaban J connectivity index is 2.21. The lowest BCUT2D eigenvalue weighted by atomic mass is 10.1. The van der Waals surface area contributed by atoms with Crippen molar-refractivity contribution in [2.75, 3.05) is 0 Å². The lowest BCUT2D eigenvalue weighted by Crippen LogP contribution is -2.25. The summed E-state index contributed by atoms with van der Waals surface area (Å²) in [6.07, 6.45) is 3.32. The van der Waals surface area contributed by atoms with E-state index in [9.17, 15) is 20.2 Å². The van der Waals surface area contributed by atoms with E-state index in [0.717, 1.165) is 15.6 Å². The van der Waals surface area contributed by atoms with Crippen molar-refractivity contribution in [2.24, 2.45) is 0 Å². The quantitative estimate of drug-likeness (QED) is 0.390. The summed E-state index contributed by atoms with van der Waals surface area (Å²) in [5.41, 5.74) is 1.73. The third-order valence-corrected chi connectivity index (χ3v) is 3.50. The number of hydrogen-bond donors (Lipinski definition) is 1. The van der Waals surface area contributed by atoms with Gasteiger partial charge in [-0.05, 0) is 12.8 Å². The Morgan fingerprint density at radius 3 is 2.90 bits per heavy atom. The molecule has 1 aromatic heterocycles. The smallest absolute Gasteiger partial charge is 0.270 e. The Morgan fingerprint density at radius 2 is 2.15 bits per heavy atom. The highest BCUT2D eigenvalue weighted by atomic mass is 16.6. The first-order valence-corrected chi connectivity index (χ1v) is 6.22. The summed E-state index contributed by atoms with van der Waals surface area (Å²) < 4.78 is 1.71. The summed E-state index contributed by atoms with van der Waals surface area (Å²) in [5.74, 6) is 0. The molecular formula is C13H12N3O4+. The molecule has 7 heteroatoms. The average molecular weight is 274 g/mol. The first kappa shape index (κ1) is 12.3. The molecule has 0 aliphatic heterocycles. The van der Waals surface area contributed by atoms with E-state index in [-0.39, 0.29) is 11.4 Å². The topological polar surface area (TPSA) is 91.3 Å². The normalized spacial score (nSPS) is 13.2. The van der Waals surface area contributed by atoms with E-state index in [4.69, 9.17) is 0 Å². The predicted molar refractivity (Wildman–Crippen MR) is 69.1 cm³/mol. The molecule has 1 aliphatic rings. The van der Waals surface area contributed by atoms with Crippen LogP contribution in [-0.4, -0.2) is 14.9 Å². The van der Waals surface area contributed by atoms with Crippen molar-refractivity contribution in [3.8, 4) is 11.3 Å². The van der Waals surface area contributed by atoms with Gasteiger partial charge in [-0.15, -0.1) is 0 Å². The molecule has 1 heterocycles. The molecule has 0 amide bonds. The van der Waals surface area contributed by atoms with E-state index in [2.05, 4.69) is 0 Å². The lowest BCUT2D eigenvalue weighted by Gasteiger charge is -2.07. The number of benzene rings is 1. The van der Waals surface area contributed by atoms with E-state index in [1.165, 1.54) is 24.4 Å². The Morgan fingerprint density at radius 1 is 1.35 bits per heavy atom. The highest BCUT2D eigenvalue weighted by Crippen LogP contribution is 2.26. The molecule has 102 valence electrons. The molecule has 1 aromatic carbocycles. The van der Waals surface area contributed by atoms with Gasteiger partial charge < -0.3 is 5.21 Å². The lowest BCUT2D eigenvalue weighted by molar-refractivity contribution is -0.505. The fraction of sp³-hybridized carbons (Fsp3) is 0.231. The third-order valence-electron chi connectivity index (χ3n) is 3.50. The number of nitrogens with zero attached hydrogens (tertiary/aromatic N) is 3. The van der Waals surface area contributed by atoms with Crippen LogP contribution >= 0.6 is 0 Å². The molecule has 1 aliphatic carbocycles. The minimum absolute atomic E-state index is 0.0829. The molecule has 20 heavy (non-hydrogen) atoms. The zero-order valence-electron chi connectivity index (χ0n) is 10.5.